The number of nitrogens with zero attached hydrogens (tertiary/aromatic N) is 1. The fourth-order valence-electron chi connectivity index (χ4n) is 2.72. The second-order valence-electron chi connectivity index (χ2n) is 7.64. The highest BCUT2D eigenvalue weighted by molar-refractivity contribution is 14.1. The van der Waals surface area contributed by atoms with Crippen LogP contribution in [-0.4, -0.2) is 46.0 Å². The molecule has 0 aromatic heterocycles. The molecule has 0 saturated heterocycles. The molecule has 0 bridgehead atoms. The summed E-state index contributed by atoms with van der Waals surface area (Å²) in [5.41, 5.74) is 0.559. The highest BCUT2D eigenvalue weighted by Crippen LogP contribution is 2.27. The van der Waals surface area contributed by atoms with Crippen LogP contribution < -0.4 is 0 Å². The fourth-order valence-corrected chi connectivity index (χ4v) is 4.91. The first-order valence-corrected chi connectivity index (χ1v) is 12.6. The van der Waals surface area contributed by atoms with Gasteiger partial charge in [-0.2, -0.15) is 4.31 Å². The van der Waals surface area contributed by atoms with E-state index in [4.69, 9.17) is 16.3 Å². The normalized spacial score (nSPS) is 12.8. The number of carbonyl (C=O) groups excluding carboxylic acids is 1. The number of hydrogen-bond acceptors (Lipinski definition) is 5. The molecule has 31 heavy (non-hydrogen) atoms. The molecule has 0 radical (unpaired) electrons. The Labute approximate surface area is 200 Å². The molecule has 0 unspecified atom stereocenters. The van der Waals surface area contributed by atoms with Gasteiger partial charge in [0.05, 0.1) is 4.90 Å². The summed E-state index contributed by atoms with van der Waals surface area (Å²) in [5, 5.41) is 10.2. The van der Waals surface area contributed by atoms with E-state index in [9.17, 15) is 23.1 Å². The Morgan fingerprint density at radius 3 is 1.97 bits per heavy atom. The molecule has 1 atom stereocenters. The number of hydrogen-bond donors (Lipinski definition) is 1. The van der Waals surface area contributed by atoms with Crippen molar-refractivity contribution in [2.24, 2.45) is 0 Å². The monoisotopic (exact) mass is 579 g/mol. The van der Waals surface area contributed by atoms with Crippen molar-refractivity contribution >= 4 is 56.3 Å². The molecule has 2 aromatic rings. The summed E-state index contributed by atoms with van der Waals surface area (Å²) in [6.07, 6.45) is -1.29. The summed E-state index contributed by atoms with van der Waals surface area (Å²) >= 11 is 7.83. The van der Waals surface area contributed by atoms with Crippen molar-refractivity contribution in [3.63, 3.8) is 0 Å². The van der Waals surface area contributed by atoms with Gasteiger partial charge in [0.1, 0.15) is 11.6 Å². The first-order valence-electron chi connectivity index (χ1n) is 9.29. The van der Waals surface area contributed by atoms with Crippen LogP contribution in [0.1, 0.15) is 27.2 Å². The predicted octanol–water partition coefficient (Wildman–Crippen LogP) is 5.21. The smallest absolute Gasteiger partial charge is 0.425 e. The summed E-state index contributed by atoms with van der Waals surface area (Å²) in [5.74, 6) is -1.43. The summed E-state index contributed by atoms with van der Waals surface area (Å²) in [6, 6.07) is 11.3. The van der Waals surface area contributed by atoms with Gasteiger partial charge in [0, 0.05) is 9.45 Å². The Hall–Kier alpha value is -1.85. The van der Waals surface area contributed by atoms with E-state index >= 15 is 0 Å². The molecule has 10 heteroatoms. The quantitative estimate of drug-likeness (QED) is 0.357. The SMILES string of the molecule is CC(C)(C)OC(=O)N([C@H](CCI)C(=O)O)S(=O)(=O)c1ccc(-c2ccc(Cl)cc2)cc1. The fraction of sp³-hybridized carbons (Fsp3) is 0.333. The van der Waals surface area contributed by atoms with Crippen molar-refractivity contribution in [1.29, 1.82) is 0 Å². The summed E-state index contributed by atoms with van der Waals surface area (Å²) in [4.78, 5) is 24.4. The molecule has 2 rings (SSSR count). The van der Waals surface area contributed by atoms with E-state index in [2.05, 4.69) is 0 Å². The molecule has 0 heterocycles. The van der Waals surface area contributed by atoms with E-state index in [1.807, 2.05) is 22.6 Å². The predicted molar refractivity (Wildman–Crippen MR) is 127 cm³/mol. The summed E-state index contributed by atoms with van der Waals surface area (Å²) < 4.78 is 32.5. The van der Waals surface area contributed by atoms with Crippen molar-refractivity contribution in [3.05, 3.63) is 53.6 Å². The van der Waals surface area contributed by atoms with Crippen LogP contribution in [0.4, 0.5) is 4.79 Å². The molecule has 168 valence electrons. The van der Waals surface area contributed by atoms with Gasteiger partial charge in [0.25, 0.3) is 10.0 Å². The van der Waals surface area contributed by atoms with Crippen molar-refractivity contribution in [2.75, 3.05) is 4.43 Å². The van der Waals surface area contributed by atoms with Crippen LogP contribution in [0.25, 0.3) is 11.1 Å². The molecular formula is C21H23ClINO6S. The zero-order valence-corrected chi connectivity index (χ0v) is 20.9. The Balaban J connectivity index is 2.49. The highest BCUT2D eigenvalue weighted by atomic mass is 127. The number of halogens is 2. The van der Waals surface area contributed by atoms with Gasteiger partial charge in [0.15, 0.2) is 0 Å². The molecular weight excluding hydrogens is 557 g/mol. The van der Waals surface area contributed by atoms with Crippen LogP contribution >= 0.6 is 34.2 Å². The summed E-state index contributed by atoms with van der Waals surface area (Å²) in [7, 11) is -4.49. The molecule has 2 aromatic carbocycles. The van der Waals surface area contributed by atoms with Crippen LogP contribution in [0.2, 0.25) is 5.02 Å². The summed E-state index contributed by atoms with van der Waals surface area (Å²) in [6.45, 7) is 4.72. The number of carboxylic acids is 1. The van der Waals surface area contributed by atoms with Crippen molar-refractivity contribution < 1.29 is 27.9 Å². The molecule has 0 fully saturated rings. The third kappa shape index (κ3) is 6.56. The van der Waals surface area contributed by atoms with Crippen LogP contribution in [-0.2, 0) is 19.6 Å². The van der Waals surface area contributed by atoms with Gasteiger partial charge in [0.2, 0.25) is 0 Å². The van der Waals surface area contributed by atoms with E-state index in [0.717, 1.165) is 11.1 Å². The Kier molecular flexibility index (Phi) is 8.34. The van der Waals surface area contributed by atoms with E-state index < -0.39 is 33.7 Å². The number of aliphatic carboxylic acids is 1. The Morgan fingerprint density at radius 2 is 1.55 bits per heavy atom. The number of sulfonamides is 1. The van der Waals surface area contributed by atoms with Crippen LogP contribution in [0, 0.1) is 0 Å². The van der Waals surface area contributed by atoms with Gasteiger partial charge in [-0.3, -0.25) is 0 Å². The minimum absolute atomic E-state index is 0.0583. The number of ether oxygens (including phenoxy) is 1. The number of benzene rings is 2. The maximum atomic E-state index is 13.3. The van der Waals surface area contributed by atoms with Crippen molar-refractivity contribution in [1.82, 2.24) is 4.31 Å². The zero-order valence-electron chi connectivity index (χ0n) is 17.2. The van der Waals surface area contributed by atoms with Gasteiger partial charge in [-0.25, -0.2) is 18.0 Å². The van der Waals surface area contributed by atoms with Gasteiger partial charge in [-0.15, -0.1) is 0 Å². The van der Waals surface area contributed by atoms with Crippen molar-refractivity contribution in [3.8, 4) is 11.1 Å². The number of carboxylic acid groups (broad SMARTS) is 1. The maximum Gasteiger partial charge on any atom is 0.425 e. The lowest BCUT2D eigenvalue weighted by molar-refractivity contribution is -0.141. The second kappa shape index (κ2) is 10.2. The van der Waals surface area contributed by atoms with E-state index in [-0.39, 0.29) is 11.3 Å². The average Bonchev–Trinajstić information content (AvgIpc) is 2.66. The topological polar surface area (TPSA) is 101 Å². The van der Waals surface area contributed by atoms with E-state index in [1.165, 1.54) is 12.1 Å². The average molecular weight is 580 g/mol. The van der Waals surface area contributed by atoms with Gasteiger partial charge < -0.3 is 9.84 Å². The number of alkyl halides is 1. The molecule has 0 saturated carbocycles. The number of carbonyl (C=O) groups is 2. The Bertz CT molecular complexity index is 1030. The van der Waals surface area contributed by atoms with Gasteiger partial charge >= 0.3 is 12.1 Å². The first-order chi connectivity index (χ1) is 14.4. The van der Waals surface area contributed by atoms with Crippen LogP contribution in [0.5, 0.6) is 0 Å². The lowest BCUT2D eigenvalue weighted by Crippen LogP contribution is -2.50. The van der Waals surface area contributed by atoms with E-state index in [1.54, 1.807) is 57.2 Å². The lowest BCUT2D eigenvalue weighted by Gasteiger charge is -2.30. The molecule has 0 aliphatic rings. The van der Waals surface area contributed by atoms with Crippen molar-refractivity contribution in [2.45, 2.75) is 43.7 Å². The molecule has 0 aliphatic heterocycles. The lowest BCUT2D eigenvalue weighted by atomic mass is 10.1. The molecule has 0 aliphatic carbocycles. The third-order valence-corrected chi connectivity index (χ3v) is 6.78. The van der Waals surface area contributed by atoms with Gasteiger partial charge in [-0.05, 0) is 62.6 Å². The van der Waals surface area contributed by atoms with Crippen LogP contribution in [0.15, 0.2) is 53.4 Å². The molecule has 7 nitrogen and oxygen atoms in total. The Morgan fingerprint density at radius 1 is 1.06 bits per heavy atom. The molecule has 1 N–H and O–H groups in total. The minimum Gasteiger partial charge on any atom is -0.480 e. The molecule has 0 spiro atoms. The van der Waals surface area contributed by atoms with E-state index in [0.29, 0.717) is 13.8 Å². The third-order valence-electron chi connectivity index (χ3n) is 4.11. The zero-order chi connectivity index (χ0) is 23.4. The number of amides is 1. The standard InChI is InChI=1S/C21H23ClINO6S/c1-21(2,3)30-20(27)24(18(12-13-23)19(25)26)31(28,29)17-10-6-15(7-11-17)14-4-8-16(22)9-5-14/h4-11,18H,12-13H2,1-3H3,(H,25,26)/t18-/m1/s1. The van der Waals surface area contributed by atoms with Gasteiger partial charge in [-0.1, -0.05) is 58.5 Å². The van der Waals surface area contributed by atoms with Crippen LogP contribution in [0.3, 0.4) is 0 Å². The minimum atomic E-state index is -4.49. The number of rotatable bonds is 7. The largest absolute Gasteiger partial charge is 0.480 e. The molecule has 1 amide bonds. The highest BCUT2D eigenvalue weighted by Gasteiger charge is 2.41. The first kappa shape index (κ1) is 25.4. The maximum absolute atomic E-state index is 13.3. The second-order valence-corrected chi connectivity index (χ2v) is 11.0.